The minimum absolute atomic E-state index is 0.410. The van der Waals surface area contributed by atoms with Gasteiger partial charge in [-0.05, 0) is 29.8 Å². The highest BCUT2D eigenvalue weighted by Gasteiger charge is 2.11. The molecule has 0 atom stereocenters. The highest BCUT2D eigenvalue weighted by Crippen LogP contribution is 2.27. The fourth-order valence-electron chi connectivity index (χ4n) is 2.44. The number of hydrogen-bond donors (Lipinski definition) is 0. The highest BCUT2D eigenvalue weighted by atomic mass is 79.9. The van der Waals surface area contributed by atoms with Gasteiger partial charge in [0.15, 0.2) is 0 Å². The Kier molecular flexibility index (Phi) is 4.73. The van der Waals surface area contributed by atoms with Crippen LogP contribution in [0.25, 0.3) is 22.2 Å². The van der Waals surface area contributed by atoms with Crippen molar-refractivity contribution in [1.29, 1.82) is 0 Å². The first-order chi connectivity index (χ1) is 12.7. The van der Waals surface area contributed by atoms with E-state index in [4.69, 9.17) is 4.42 Å². The number of aromatic nitrogens is 1. The third-order valence-corrected chi connectivity index (χ3v) is 4.99. The van der Waals surface area contributed by atoms with Crippen LogP contribution in [0.3, 0.4) is 0 Å². The molecule has 0 aliphatic rings. The van der Waals surface area contributed by atoms with Crippen LogP contribution in [0, 0.1) is 0 Å². The van der Waals surface area contributed by atoms with Gasteiger partial charge in [0, 0.05) is 15.2 Å². The lowest BCUT2D eigenvalue weighted by atomic mass is 10.1. The van der Waals surface area contributed by atoms with Crippen molar-refractivity contribution in [2.45, 2.75) is 6.54 Å². The molecule has 2 aromatic carbocycles. The SMILES string of the molecule is O=c1oc2ccccc2cc1-c1csc(N=NCc2ccc(Br)cc2)n1. The molecule has 0 saturated heterocycles. The number of rotatable bonds is 4. The van der Waals surface area contributed by atoms with Gasteiger partial charge in [0.1, 0.15) is 5.58 Å². The number of nitrogens with zero attached hydrogens (tertiary/aromatic N) is 3. The van der Waals surface area contributed by atoms with Gasteiger partial charge in [0.2, 0.25) is 5.13 Å². The fraction of sp³-hybridized carbons (Fsp3) is 0.0526. The molecule has 0 amide bonds. The lowest BCUT2D eigenvalue weighted by Crippen LogP contribution is -2.02. The van der Waals surface area contributed by atoms with E-state index in [0.717, 1.165) is 15.4 Å². The van der Waals surface area contributed by atoms with Gasteiger partial charge in [-0.15, -0.1) is 16.5 Å². The summed E-state index contributed by atoms with van der Waals surface area (Å²) in [6.45, 7) is 0.473. The van der Waals surface area contributed by atoms with Crippen LogP contribution in [0.5, 0.6) is 0 Å². The standard InChI is InChI=1S/C19H12BrN3O2S/c20-14-7-5-12(6-8-14)10-21-23-19-22-16(11-26-19)15-9-13-3-1-2-4-17(13)25-18(15)24/h1-9,11H,10H2. The summed E-state index contributed by atoms with van der Waals surface area (Å²) in [6, 6.07) is 17.1. The van der Waals surface area contributed by atoms with Crippen molar-refractivity contribution in [2.24, 2.45) is 10.2 Å². The van der Waals surface area contributed by atoms with E-state index >= 15 is 0 Å². The number of para-hydroxylation sites is 1. The smallest absolute Gasteiger partial charge is 0.345 e. The van der Waals surface area contributed by atoms with Crippen molar-refractivity contribution in [2.75, 3.05) is 0 Å². The van der Waals surface area contributed by atoms with Crippen molar-refractivity contribution in [3.8, 4) is 11.3 Å². The third-order valence-electron chi connectivity index (χ3n) is 3.73. The number of azo groups is 1. The molecule has 5 nitrogen and oxygen atoms in total. The minimum Gasteiger partial charge on any atom is -0.422 e. The maximum Gasteiger partial charge on any atom is 0.345 e. The maximum atomic E-state index is 12.2. The van der Waals surface area contributed by atoms with Crippen molar-refractivity contribution in [3.05, 3.63) is 80.4 Å². The van der Waals surface area contributed by atoms with Gasteiger partial charge in [-0.2, -0.15) is 5.11 Å². The zero-order chi connectivity index (χ0) is 17.9. The van der Waals surface area contributed by atoms with Crippen molar-refractivity contribution < 1.29 is 4.42 Å². The summed E-state index contributed by atoms with van der Waals surface area (Å²) in [4.78, 5) is 16.6. The van der Waals surface area contributed by atoms with E-state index in [1.54, 1.807) is 17.5 Å². The van der Waals surface area contributed by atoms with Gasteiger partial charge in [0.25, 0.3) is 0 Å². The zero-order valence-electron chi connectivity index (χ0n) is 13.4. The summed E-state index contributed by atoms with van der Waals surface area (Å²) in [7, 11) is 0. The molecule has 7 heteroatoms. The lowest BCUT2D eigenvalue weighted by Gasteiger charge is -1.98. The van der Waals surface area contributed by atoms with E-state index in [0.29, 0.717) is 28.5 Å². The molecule has 0 spiro atoms. The van der Waals surface area contributed by atoms with E-state index in [1.165, 1.54) is 11.3 Å². The predicted octanol–water partition coefficient (Wildman–Crippen LogP) is 5.96. The van der Waals surface area contributed by atoms with E-state index in [9.17, 15) is 4.79 Å². The largest absolute Gasteiger partial charge is 0.422 e. The second kappa shape index (κ2) is 7.31. The Morgan fingerprint density at radius 3 is 2.77 bits per heavy atom. The molecule has 4 aromatic rings. The summed E-state index contributed by atoms with van der Waals surface area (Å²) < 4.78 is 6.38. The van der Waals surface area contributed by atoms with E-state index in [1.807, 2.05) is 42.5 Å². The molecule has 2 heterocycles. The van der Waals surface area contributed by atoms with Gasteiger partial charge in [-0.1, -0.05) is 46.3 Å². The van der Waals surface area contributed by atoms with Crippen molar-refractivity contribution >= 4 is 43.4 Å². The van der Waals surface area contributed by atoms with Gasteiger partial charge in [-0.3, -0.25) is 0 Å². The first kappa shape index (κ1) is 16.8. The van der Waals surface area contributed by atoms with E-state index in [2.05, 4.69) is 31.1 Å². The van der Waals surface area contributed by atoms with Crippen LogP contribution in [0.1, 0.15) is 5.56 Å². The molecule has 0 unspecified atom stereocenters. The summed E-state index contributed by atoms with van der Waals surface area (Å²) in [6.07, 6.45) is 0. The second-order valence-corrected chi connectivity index (χ2v) is 7.28. The molecule has 4 rings (SSSR count). The van der Waals surface area contributed by atoms with Gasteiger partial charge < -0.3 is 4.42 Å². The fourth-order valence-corrected chi connectivity index (χ4v) is 3.36. The van der Waals surface area contributed by atoms with Crippen molar-refractivity contribution in [3.63, 3.8) is 0 Å². The first-order valence-electron chi connectivity index (χ1n) is 7.80. The molecule has 0 N–H and O–H groups in total. The Morgan fingerprint density at radius 1 is 1.12 bits per heavy atom. The molecule has 0 aliphatic heterocycles. The Bertz CT molecular complexity index is 1150. The van der Waals surface area contributed by atoms with Crippen LogP contribution in [0.15, 0.2) is 83.9 Å². The molecule has 0 bridgehead atoms. The predicted molar refractivity (Wildman–Crippen MR) is 106 cm³/mol. The molecular formula is C19H12BrN3O2S. The maximum absolute atomic E-state index is 12.2. The lowest BCUT2D eigenvalue weighted by molar-refractivity contribution is 0.563. The average Bonchev–Trinajstić information content (AvgIpc) is 3.11. The molecule has 0 radical (unpaired) electrons. The topological polar surface area (TPSA) is 67.8 Å². The third kappa shape index (κ3) is 3.63. The molecule has 128 valence electrons. The van der Waals surface area contributed by atoms with Crippen molar-refractivity contribution in [1.82, 2.24) is 4.98 Å². The quantitative estimate of drug-likeness (QED) is 0.299. The normalized spacial score (nSPS) is 11.4. The van der Waals surface area contributed by atoms with Gasteiger partial charge >= 0.3 is 5.63 Å². The molecule has 0 aliphatic carbocycles. The summed E-state index contributed by atoms with van der Waals surface area (Å²) >= 11 is 4.74. The van der Waals surface area contributed by atoms with Crippen LogP contribution in [0.2, 0.25) is 0 Å². The molecule has 0 saturated carbocycles. The Labute approximate surface area is 161 Å². The van der Waals surface area contributed by atoms with Crippen LogP contribution in [-0.4, -0.2) is 4.98 Å². The Morgan fingerprint density at radius 2 is 1.92 bits per heavy atom. The summed E-state index contributed by atoms with van der Waals surface area (Å²) in [5.74, 6) is 0. The zero-order valence-corrected chi connectivity index (χ0v) is 15.8. The monoisotopic (exact) mass is 425 g/mol. The van der Waals surface area contributed by atoms with Crippen LogP contribution < -0.4 is 5.63 Å². The first-order valence-corrected chi connectivity index (χ1v) is 9.47. The van der Waals surface area contributed by atoms with Crippen LogP contribution in [0.4, 0.5) is 5.13 Å². The van der Waals surface area contributed by atoms with Crippen LogP contribution >= 0.6 is 27.3 Å². The average molecular weight is 426 g/mol. The number of hydrogen-bond acceptors (Lipinski definition) is 6. The molecule has 0 fully saturated rings. The molecule has 2 aromatic heterocycles. The Balaban J connectivity index is 1.56. The molecule has 26 heavy (non-hydrogen) atoms. The summed E-state index contributed by atoms with van der Waals surface area (Å²) in [5.41, 5.74) is 2.18. The van der Waals surface area contributed by atoms with Crippen LogP contribution in [-0.2, 0) is 6.54 Å². The van der Waals surface area contributed by atoms with Gasteiger partial charge in [0.05, 0.1) is 17.8 Å². The Hall–Kier alpha value is -2.64. The van der Waals surface area contributed by atoms with Gasteiger partial charge in [-0.25, -0.2) is 9.78 Å². The molecular weight excluding hydrogens is 414 g/mol. The number of benzene rings is 2. The number of thiazole rings is 1. The number of fused-ring (bicyclic) bond motifs is 1. The minimum atomic E-state index is -0.410. The van der Waals surface area contributed by atoms with E-state index in [-0.39, 0.29) is 0 Å². The second-order valence-electron chi connectivity index (χ2n) is 5.53. The highest BCUT2D eigenvalue weighted by molar-refractivity contribution is 9.10. The summed E-state index contributed by atoms with van der Waals surface area (Å²) in [5, 5.41) is 11.5. The van der Waals surface area contributed by atoms with E-state index < -0.39 is 5.63 Å². The number of halogens is 1.